The van der Waals surface area contributed by atoms with E-state index >= 15 is 0 Å². The van der Waals surface area contributed by atoms with Crippen molar-refractivity contribution in [3.63, 3.8) is 0 Å². The summed E-state index contributed by atoms with van der Waals surface area (Å²) in [6.07, 6.45) is 4.06. The molecule has 4 heteroatoms. The van der Waals surface area contributed by atoms with Crippen LogP contribution in [0.4, 0.5) is 5.69 Å². The summed E-state index contributed by atoms with van der Waals surface area (Å²) in [7, 11) is 0. The Balaban J connectivity index is 2.10. The molecule has 0 bridgehead atoms. The molecule has 0 aliphatic heterocycles. The van der Waals surface area contributed by atoms with Crippen molar-refractivity contribution in [2.45, 2.75) is 37.8 Å². The Hall–Kier alpha value is -0.0600. The summed E-state index contributed by atoms with van der Waals surface area (Å²) < 4.78 is 2.08. The summed E-state index contributed by atoms with van der Waals surface area (Å²) in [5, 5.41) is 13.3. The SMILES string of the molecule is OC1CCCCC1Nc1cc(Br)ccc1Br. The summed E-state index contributed by atoms with van der Waals surface area (Å²) in [4.78, 5) is 0. The molecule has 0 amide bonds. The molecule has 1 aliphatic rings. The molecule has 0 saturated heterocycles. The molecule has 0 radical (unpaired) electrons. The molecule has 1 aromatic carbocycles. The van der Waals surface area contributed by atoms with Gasteiger partial charge >= 0.3 is 0 Å². The molecule has 88 valence electrons. The van der Waals surface area contributed by atoms with E-state index in [0.29, 0.717) is 0 Å². The van der Waals surface area contributed by atoms with E-state index in [-0.39, 0.29) is 12.1 Å². The Morgan fingerprint density at radius 3 is 2.69 bits per heavy atom. The first kappa shape index (κ1) is 12.4. The van der Waals surface area contributed by atoms with Crippen LogP contribution in [0.15, 0.2) is 27.1 Å². The van der Waals surface area contributed by atoms with Crippen molar-refractivity contribution in [2.24, 2.45) is 0 Å². The maximum absolute atomic E-state index is 9.90. The Morgan fingerprint density at radius 2 is 1.94 bits per heavy atom. The van der Waals surface area contributed by atoms with Gasteiger partial charge in [0.1, 0.15) is 0 Å². The van der Waals surface area contributed by atoms with Crippen LogP contribution in [-0.4, -0.2) is 17.3 Å². The van der Waals surface area contributed by atoms with E-state index in [1.54, 1.807) is 0 Å². The van der Waals surface area contributed by atoms with Gasteiger partial charge in [-0.2, -0.15) is 0 Å². The van der Waals surface area contributed by atoms with Crippen LogP contribution in [0.3, 0.4) is 0 Å². The third-order valence-corrected chi connectivity index (χ3v) is 4.18. The lowest BCUT2D eigenvalue weighted by atomic mass is 9.92. The fourth-order valence-electron chi connectivity index (χ4n) is 2.09. The van der Waals surface area contributed by atoms with Gasteiger partial charge < -0.3 is 10.4 Å². The van der Waals surface area contributed by atoms with E-state index in [2.05, 4.69) is 37.2 Å². The van der Waals surface area contributed by atoms with Crippen molar-refractivity contribution in [3.05, 3.63) is 27.1 Å². The molecule has 2 rings (SSSR count). The fraction of sp³-hybridized carbons (Fsp3) is 0.500. The fourth-order valence-corrected chi connectivity index (χ4v) is 2.81. The van der Waals surface area contributed by atoms with Gasteiger partial charge in [0.15, 0.2) is 0 Å². The molecule has 0 aromatic heterocycles. The van der Waals surface area contributed by atoms with Crippen molar-refractivity contribution in [1.82, 2.24) is 0 Å². The molecule has 1 saturated carbocycles. The molecule has 0 spiro atoms. The summed E-state index contributed by atoms with van der Waals surface area (Å²) in [6.45, 7) is 0. The first-order chi connectivity index (χ1) is 7.66. The maximum atomic E-state index is 9.90. The standard InChI is InChI=1S/C12H15Br2NO/c13-8-5-6-9(14)11(7-8)15-10-3-1-2-4-12(10)16/h5-7,10,12,15-16H,1-4H2. The number of nitrogens with one attached hydrogen (secondary N) is 1. The van der Waals surface area contributed by atoms with Crippen molar-refractivity contribution >= 4 is 37.5 Å². The van der Waals surface area contributed by atoms with Gasteiger partial charge in [-0.1, -0.05) is 28.8 Å². The van der Waals surface area contributed by atoms with Gasteiger partial charge in [0, 0.05) is 14.6 Å². The second-order valence-electron chi connectivity index (χ2n) is 4.23. The first-order valence-electron chi connectivity index (χ1n) is 5.56. The van der Waals surface area contributed by atoms with Crippen LogP contribution in [0.25, 0.3) is 0 Å². The number of hydrogen-bond donors (Lipinski definition) is 2. The van der Waals surface area contributed by atoms with Crippen LogP contribution in [0.5, 0.6) is 0 Å². The molecule has 0 heterocycles. The Morgan fingerprint density at radius 1 is 1.19 bits per heavy atom. The van der Waals surface area contributed by atoms with E-state index in [0.717, 1.165) is 33.9 Å². The molecule has 2 nitrogen and oxygen atoms in total. The highest BCUT2D eigenvalue weighted by molar-refractivity contribution is 9.11. The van der Waals surface area contributed by atoms with Crippen LogP contribution in [-0.2, 0) is 0 Å². The summed E-state index contributed by atoms with van der Waals surface area (Å²) in [6, 6.07) is 6.21. The summed E-state index contributed by atoms with van der Waals surface area (Å²) in [5.74, 6) is 0. The maximum Gasteiger partial charge on any atom is 0.0741 e. The number of benzene rings is 1. The van der Waals surface area contributed by atoms with E-state index in [1.165, 1.54) is 6.42 Å². The smallest absolute Gasteiger partial charge is 0.0741 e. The minimum Gasteiger partial charge on any atom is -0.391 e. The zero-order chi connectivity index (χ0) is 11.5. The van der Waals surface area contributed by atoms with Crippen molar-refractivity contribution < 1.29 is 5.11 Å². The average Bonchev–Trinajstić information content (AvgIpc) is 2.27. The molecule has 2 N–H and O–H groups in total. The lowest BCUT2D eigenvalue weighted by Crippen LogP contribution is -2.36. The highest BCUT2D eigenvalue weighted by atomic mass is 79.9. The number of halogens is 2. The van der Waals surface area contributed by atoms with Gasteiger partial charge in [-0.3, -0.25) is 0 Å². The normalized spacial score (nSPS) is 25.4. The van der Waals surface area contributed by atoms with Gasteiger partial charge in [0.05, 0.1) is 12.1 Å². The Labute approximate surface area is 113 Å². The van der Waals surface area contributed by atoms with Crippen LogP contribution >= 0.6 is 31.9 Å². The van der Waals surface area contributed by atoms with Gasteiger partial charge in [0.2, 0.25) is 0 Å². The monoisotopic (exact) mass is 347 g/mol. The van der Waals surface area contributed by atoms with Crippen LogP contribution < -0.4 is 5.32 Å². The van der Waals surface area contributed by atoms with Crippen molar-refractivity contribution in [3.8, 4) is 0 Å². The molecule has 2 atom stereocenters. The number of aliphatic hydroxyl groups is 1. The average molecular weight is 349 g/mol. The van der Waals surface area contributed by atoms with Gasteiger partial charge in [-0.05, 0) is 47.0 Å². The third-order valence-electron chi connectivity index (χ3n) is 3.00. The zero-order valence-corrected chi connectivity index (χ0v) is 12.1. The quantitative estimate of drug-likeness (QED) is 0.848. The minimum atomic E-state index is -0.223. The molecule has 1 aliphatic carbocycles. The number of hydrogen-bond acceptors (Lipinski definition) is 2. The van der Waals surface area contributed by atoms with E-state index in [1.807, 2.05) is 18.2 Å². The van der Waals surface area contributed by atoms with Gasteiger partial charge in [0.25, 0.3) is 0 Å². The Kier molecular flexibility index (Phi) is 4.27. The highest BCUT2D eigenvalue weighted by Crippen LogP contribution is 2.29. The molecule has 1 aromatic rings. The van der Waals surface area contributed by atoms with Crippen LogP contribution in [0.1, 0.15) is 25.7 Å². The number of anilines is 1. The first-order valence-corrected chi connectivity index (χ1v) is 7.15. The summed E-state index contributed by atoms with van der Waals surface area (Å²) in [5.41, 5.74) is 1.04. The molecular formula is C12H15Br2NO. The van der Waals surface area contributed by atoms with Crippen LogP contribution in [0, 0.1) is 0 Å². The predicted molar refractivity (Wildman–Crippen MR) is 73.7 cm³/mol. The van der Waals surface area contributed by atoms with Crippen LogP contribution in [0.2, 0.25) is 0 Å². The molecular weight excluding hydrogens is 334 g/mol. The van der Waals surface area contributed by atoms with E-state index < -0.39 is 0 Å². The second-order valence-corrected chi connectivity index (χ2v) is 6.00. The number of aliphatic hydroxyl groups excluding tert-OH is 1. The molecule has 1 fully saturated rings. The number of rotatable bonds is 2. The largest absolute Gasteiger partial charge is 0.391 e. The van der Waals surface area contributed by atoms with E-state index in [9.17, 15) is 5.11 Å². The van der Waals surface area contributed by atoms with E-state index in [4.69, 9.17) is 0 Å². The molecule has 16 heavy (non-hydrogen) atoms. The highest BCUT2D eigenvalue weighted by Gasteiger charge is 2.23. The lowest BCUT2D eigenvalue weighted by molar-refractivity contribution is 0.116. The Bertz CT molecular complexity index is 370. The zero-order valence-electron chi connectivity index (χ0n) is 8.92. The topological polar surface area (TPSA) is 32.3 Å². The van der Waals surface area contributed by atoms with Gasteiger partial charge in [-0.15, -0.1) is 0 Å². The second kappa shape index (κ2) is 5.52. The summed E-state index contributed by atoms with van der Waals surface area (Å²) >= 11 is 6.97. The lowest BCUT2D eigenvalue weighted by Gasteiger charge is -2.29. The van der Waals surface area contributed by atoms with Gasteiger partial charge in [-0.25, -0.2) is 0 Å². The predicted octanol–water partition coefficient (Wildman–Crippen LogP) is 3.93. The molecule has 2 unspecified atom stereocenters. The minimum absolute atomic E-state index is 0.180. The van der Waals surface area contributed by atoms with Crippen molar-refractivity contribution in [1.29, 1.82) is 0 Å². The third kappa shape index (κ3) is 2.99. The van der Waals surface area contributed by atoms with Crippen molar-refractivity contribution in [2.75, 3.05) is 5.32 Å².